The number of amidine groups is 2. The summed E-state index contributed by atoms with van der Waals surface area (Å²) in [6, 6.07) is 12.9. The summed E-state index contributed by atoms with van der Waals surface area (Å²) in [5.74, 6) is 0.893. The van der Waals surface area contributed by atoms with Crippen LogP contribution in [0.25, 0.3) is 16.9 Å². The summed E-state index contributed by atoms with van der Waals surface area (Å²) in [6.45, 7) is 7.83. The van der Waals surface area contributed by atoms with Crippen molar-refractivity contribution < 1.29 is 5.11 Å². The first-order chi connectivity index (χ1) is 14.2. The third-order valence-electron chi connectivity index (χ3n) is 4.26. The fourth-order valence-electron chi connectivity index (χ4n) is 2.93. The fourth-order valence-corrected chi connectivity index (χ4v) is 2.93. The summed E-state index contributed by atoms with van der Waals surface area (Å²) in [5, 5.41) is 18.9. The van der Waals surface area contributed by atoms with E-state index in [0.29, 0.717) is 28.6 Å². The molecule has 1 heterocycles. The van der Waals surface area contributed by atoms with Crippen LogP contribution in [0.5, 0.6) is 5.75 Å². The second-order valence-corrected chi connectivity index (χ2v) is 7.55. The van der Waals surface area contributed by atoms with Crippen LogP contribution in [0.2, 0.25) is 0 Å². The molecule has 0 saturated carbocycles. The zero-order chi connectivity index (χ0) is 21.8. The molecule has 0 bridgehead atoms. The zero-order valence-electron chi connectivity index (χ0n) is 18.4. The number of hydrogen-bond acceptors (Lipinski definition) is 5. The van der Waals surface area contributed by atoms with Crippen molar-refractivity contribution in [1.82, 2.24) is 15.0 Å². The first-order valence-corrected chi connectivity index (χ1v) is 9.78. The maximum atomic E-state index is 10.5. The quantitative estimate of drug-likeness (QED) is 0.368. The smallest absolute Gasteiger partial charge is 0.142 e. The molecule has 172 valence electrons. The number of nitrogens with zero attached hydrogens (tertiary/aromatic N) is 5. The van der Waals surface area contributed by atoms with Crippen LogP contribution in [0.15, 0.2) is 58.6 Å². The second-order valence-electron chi connectivity index (χ2n) is 7.55. The van der Waals surface area contributed by atoms with E-state index in [0.717, 1.165) is 11.1 Å². The molecule has 5 N–H and O–H groups in total. The molecule has 3 aromatic rings. The summed E-state index contributed by atoms with van der Waals surface area (Å²) < 4.78 is 1.52. The van der Waals surface area contributed by atoms with Gasteiger partial charge in [0.1, 0.15) is 28.8 Å². The van der Waals surface area contributed by atoms with E-state index in [2.05, 4.69) is 20.3 Å². The number of rotatable bonds is 6. The van der Waals surface area contributed by atoms with Gasteiger partial charge in [-0.3, -0.25) is 9.98 Å². The molecule has 32 heavy (non-hydrogen) atoms. The number of aromatic nitrogens is 3. The highest BCUT2D eigenvalue weighted by Crippen LogP contribution is 2.25. The summed E-state index contributed by atoms with van der Waals surface area (Å²) in [6.07, 6.45) is 1.75. The molecule has 0 aliphatic heterocycles. The van der Waals surface area contributed by atoms with Gasteiger partial charge in [0.25, 0.3) is 0 Å². The van der Waals surface area contributed by atoms with Crippen molar-refractivity contribution in [3.63, 3.8) is 0 Å². The summed E-state index contributed by atoms with van der Waals surface area (Å²) in [5.41, 5.74) is 15.5. The molecule has 0 unspecified atom stereocenters. The van der Waals surface area contributed by atoms with Crippen LogP contribution in [0.4, 0.5) is 0 Å². The number of nitrogens with two attached hydrogens (primary N) is 2. The highest BCUT2D eigenvalue weighted by Gasteiger charge is 2.12. The van der Waals surface area contributed by atoms with E-state index in [-0.39, 0.29) is 42.6 Å². The molecule has 3 rings (SSSR count). The average molecular weight is 478 g/mol. The van der Waals surface area contributed by atoms with Crippen LogP contribution in [0, 0.1) is 0 Å². The Labute approximate surface area is 200 Å². The highest BCUT2D eigenvalue weighted by atomic mass is 35.5. The predicted octanol–water partition coefficient (Wildman–Crippen LogP) is 3.71. The zero-order valence-corrected chi connectivity index (χ0v) is 20.1. The first kappa shape index (κ1) is 26.9. The minimum absolute atomic E-state index is 0. The number of hydrogen-bond donors (Lipinski definition) is 3. The molecule has 0 aliphatic rings. The number of aliphatic imine (C=N–C) groups is 2. The van der Waals surface area contributed by atoms with Crippen molar-refractivity contribution in [2.75, 3.05) is 0 Å². The van der Waals surface area contributed by atoms with E-state index in [9.17, 15) is 5.11 Å². The van der Waals surface area contributed by atoms with Crippen molar-refractivity contribution in [1.29, 1.82) is 0 Å². The van der Waals surface area contributed by atoms with Gasteiger partial charge in [0.05, 0.1) is 6.20 Å². The van der Waals surface area contributed by atoms with Gasteiger partial charge in [-0.05, 0) is 52.0 Å². The van der Waals surface area contributed by atoms with Crippen LogP contribution >= 0.6 is 24.8 Å². The SMILES string of the molecule is CC(C)N=C(N)c1cccc(-c2cn(-c3ccc(C(N)=NC(C)C)cc3O)nn2)c1.Cl.Cl. The summed E-state index contributed by atoms with van der Waals surface area (Å²) >= 11 is 0. The molecule has 0 fully saturated rings. The summed E-state index contributed by atoms with van der Waals surface area (Å²) in [7, 11) is 0. The van der Waals surface area contributed by atoms with Gasteiger partial charge in [-0.2, -0.15) is 0 Å². The number of phenols is 1. The van der Waals surface area contributed by atoms with Crippen LogP contribution in [0.1, 0.15) is 38.8 Å². The molecule has 0 atom stereocenters. The Hall–Kier alpha value is -3.10. The summed E-state index contributed by atoms with van der Waals surface area (Å²) in [4.78, 5) is 8.69. The van der Waals surface area contributed by atoms with E-state index in [4.69, 9.17) is 11.5 Å². The van der Waals surface area contributed by atoms with Gasteiger partial charge in [-0.1, -0.05) is 23.4 Å². The molecule has 0 aliphatic carbocycles. The lowest BCUT2D eigenvalue weighted by Crippen LogP contribution is -2.15. The molecule has 10 heteroatoms. The maximum Gasteiger partial charge on any atom is 0.142 e. The molecular weight excluding hydrogens is 449 g/mol. The Morgan fingerprint density at radius 3 is 2.06 bits per heavy atom. The van der Waals surface area contributed by atoms with Gasteiger partial charge in [-0.15, -0.1) is 29.9 Å². The minimum atomic E-state index is 0. The number of benzene rings is 2. The molecule has 1 aromatic heterocycles. The lowest BCUT2D eigenvalue weighted by molar-refractivity contribution is 0.469. The number of aromatic hydroxyl groups is 1. The largest absolute Gasteiger partial charge is 0.506 e. The van der Waals surface area contributed by atoms with Gasteiger partial charge < -0.3 is 16.6 Å². The normalized spacial score (nSPS) is 11.9. The van der Waals surface area contributed by atoms with Gasteiger partial charge in [0.2, 0.25) is 0 Å². The standard InChI is InChI=1S/C22H27N7O.2ClH/c1-13(2)25-21(23)16-7-5-6-15(10-16)18-12-29(28-27-18)19-9-8-17(11-20(19)30)22(24)26-14(3)4;;/h5-14,30H,1-4H3,(H2,23,25)(H2,24,26);2*1H. The van der Waals surface area contributed by atoms with Crippen LogP contribution < -0.4 is 11.5 Å². The molecule has 0 amide bonds. The first-order valence-electron chi connectivity index (χ1n) is 9.78. The highest BCUT2D eigenvalue weighted by molar-refractivity contribution is 5.99. The van der Waals surface area contributed by atoms with Crippen LogP contribution in [-0.2, 0) is 0 Å². The predicted molar refractivity (Wildman–Crippen MR) is 135 cm³/mol. The second kappa shape index (κ2) is 11.5. The third-order valence-corrected chi connectivity index (χ3v) is 4.26. The van der Waals surface area contributed by atoms with E-state index in [1.54, 1.807) is 24.4 Å². The maximum absolute atomic E-state index is 10.5. The van der Waals surface area contributed by atoms with Crippen molar-refractivity contribution >= 4 is 36.5 Å². The van der Waals surface area contributed by atoms with E-state index in [1.165, 1.54) is 4.68 Å². The Kier molecular flexibility index (Phi) is 9.68. The lowest BCUT2D eigenvalue weighted by Gasteiger charge is -2.08. The molecule has 0 radical (unpaired) electrons. The Morgan fingerprint density at radius 2 is 1.50 bits per heavy atom. The van der Waals surface area contributed by atoms with E-state index >= 15 is 0 Å². The Balaban J connectivity index is 0.00000256. The van der Waals surface area contributed by atoms with Gasteiger partial charge in [-0.25, -0.2) is 4.68 Å². The Morgan fingerprint density at radius 1 is 0.906 bits per heavy atom. The van der Waals surface area contributed by atoms with Crippen molar-refractivity contribution in [2.45, 2.75) is 39.8 Å². The van der Waals surface area contributed by atoms with Crippen LogP contribution in [0.3, 0.4) is 0 Å². The number of halogens is 2. The monoisotopic (exact) mass is 477 g/mol. The van der Waals surface area contributed by atoms with Crippen molar-refractivity contribution in [2.24, 2.45) is 21.5 Å². The molecule has 2 aromatic carbocycles. The van der Waals surface area contributed by atoms with Crippen molar-refractivity contribution in [3.8, 4) is 22.7 Å². The third kappa shape index (κ3) is 6.45. The van der Waals surface area contributed by atoms with Gasteiger partial charge >= 0.3 is 0 Å². The van der Waals surface area contributed by atoms with Gasteiger partial charge in [0, 0.05) is 28.8 Å². The van der Waals surface area contributed by atoms with E-state index < -0.39 is 0 Å². The van der Waals surface area contributed by atoms with Gasteiger partial charge in [0.15, 0.2) is 0 Å². The Bertz CT molecular complexity index is 1110. The fraction of sp³-hybridized carbons (Fsp3) is 0.273. The molecule has 0 spiro atoms. The molecular formula is C22H29Cl2N7O. The molecule has 8 nitrogen and oxygen atoms in total. The minimum Gasteiger partial charge on any atom is -0.506 e. The van der Waals surface area contributed by atoms with E-state index in [1.807, 2.05) is 52.0 Å². The van der Waals surface area contributed by atoms with Crippen LogP contribution in [-0.4, -0.2) is 43.9 Å². The van der Waals surface area contributed by atoms with Crippen molar-refractivity contribution in [3.05, 3.63) is 59.8 Å². The number of phenolic OH excluding ortho intramolecular Hbond substituents is 1. The topological polar surface area (TPSA) is 128 Å². The molecule has 0 saturated heterocycles. The lowest BCUT2D eigenvalue weighted by atomic mass is 10.1. The average Bonchev–Trinajstić information content (AvgIpc) is 3.17.